The largest absolute Gasteiger partial charge is 1.00 e. The van der Waals surface area contributed by atoms with E-state index in [9.17, 15) is 13.2 Å². The number of hydrogen-bond donors (Lipinski definition) is 0. The summed E-state index contributed by atoms with van der Waals surface area (Å²) in [6.07, 6.45) is 3.08. The second-order valence-corrected chi connectivity index (χ2v) is 10.9. The third-order valence-electron chi connectivity index (χ3n) is 5.87. The summed E-state index contributed by atoms with van der Waals surface area (Å²) in [5.41, 5.74) is 3.75. The van der Waals surface area contributed by atoms with Crippen LogP contribution in [-0.2, 0) is 16.6 Å². The van der Waals surface area contributed by atoms with E-state index in [0.29, 0.717) is 18.0 Å². The molecular weight excluding hydrogens is 521 g/mol. The average Bonchev–Trinajstić information content (AvgIpc) is 3.48. The second-order valence-electron chi connectivity index (χ2n) is 8.21. The summed E-state index contributed by atoms with van der Waals surface area (Å²) in [7, 11) is 0.711. The van der Waals surface area contributed by atoms with Gasteiger partial charge in [-0.3, -0.25) is 9.78 Å². The van der Waals surface area contributed by atoms with E-state index in [1.807, 2.05) is 30.3 Å². The molecule has 0 saturated heterocycles. The first-order valence-electron chi connectivity index (χ1n) is 10.9. The predicted molar refractivity (Wildman–Crippen MR) is 139 cm³/mol. The number of hydrogen-bond acceptors (Lipinski definition) is 7. The summed E-state index contributed by atoms with van der Waals surface area (Å²) >= 11 is 1.56. The summed E-state index contributed by atoms with van der Waals surface area (Å²) in [6, 6.07) is 15.9. The van der Waals surface area contributed by atoms with Gasteiger partial charge >= 0.3 is 29.6 Å². The molecule has 0 spiro atoms. The van der Waals surface area contributed by atoms with E-state index >= 15 is 0 Å². The van der Waals surface area contributed by atoms with Crippen LogP contribution in [0.5, 0.6) is 11.5 Å². The van der Waals surface area contributed by atoms with Crippen molar-refractivity contribution in [2.45, 2.75) is 11.4 Å². The summed E-state index contributed by atoms with van der Waals surface area (Å²) in [4.78, 5) is 20.0. The number of pyridine rings is 1. The number of carbonyl (C=O) groups is 1. The Labute approximate surface area is 241 Å². The number of amides is 1. The van der Waals surface area contributed by atoms with Gasteiger partial charge in [-0.2, -0.15) is 0 Å². The first-order chi connectivity index (χ1) is 17.3. The standard InChI is InChI=1S/C26H22N3O5S2.Na/c1-29-15-18-10-16(4-6-21(18)26(29)30)24-8-9-25(35-24)17-11-19(14-27-13-17)28-36(31,32)20-5-7-22(33-2)23(12-20)34-3;/h4-14H,15H2,1-3H3;/q-1;+1. The van der Waals surface area contributed by atoms with Gasteiger partial charge in [-0.25, -0.2) is 8.42 Å². The maximum atomic E-state index is 12.9. The normalized spacial score (nSPS) is 12.6. The second kappa shape index (κ2) is 10.8. The summed E-state index contributed by atoms with van der Waals surface area (Å²) in [5, 5.41) is 0. The van der Waals surface area contributed by atoms with E-state index in [1.54, 1.807) is 35.5 Å². The minimum absolute atomic E-state index is 0. The quantitative estimate of drug-likeness (QED) is 0.332. The third-order valence-corrected chi connectivity index (χ3v) is 8.35. The fourth-order valence-corrected chi connectivity index (χ4v) is 6.01. The molecule has 0 N–H and O–H groups in total. The fourth-order valence-electron chi connectivity index (χ4n) is 4.05. The van der Waals surface area contributed by atoms with Gasteiger partial charge in [-0.05, 0) is 47.5 Å². The van der Waals surface area contributed by atoms with Crippen molar-refractivity contribution < 1.29 is 52.2 Å². The topological polar surface area (TPSA) is 99.9 Å². The van der Waals surface area contributed by atoms with Gasteiger partial charge in [-0.15, -0.1) is 17.0 Å². The number of nitrogens with zero attached hydrogens (tertiary/aromatic N) is 3. The number of aromatic nitrogens is 1. The Kier molecular flexibility index (Phi) is 7.96. The molecule has 0 atom stereocenters. The van der Waals surface area contributed by atoms with Gasteiger partial charge in [0.05, 0.1) is 19.1 Å². The van der Waals surface area contributed by atoms with E-state index in [1.165, 1.54) is 38.6 Å². The molecule has 11 heteroatoms. The van der Waals surface area contributed by atoms with Crippen LogP contribution in [0.3, 0.4) is 0 Å². The Hall–Kier alpha value is -2.89. The minimum atomic E-state index is -4.00. The smallest absolute Gasteiger partial charge is 0.571 e. The van der Waals surface area contributed by atoms with Crippen molar-refractivity contribution in [3.05, 3.63) is 82.8 Å². The molecule has 0 fully saturated rings. The number of ether oxygens (including phenoxy) is 2. The zero-order valence-corrected chi connectivity index (χ0v) is 24.4. The van der Waals surface area contributed by atoms with Gasteiger partial charge in [0.15, 0.2) is 11.5 Å². The first-order valence-corrected chi connectivity index (χ1v) is 13.2. The monoisotopic (exact) mass is 543 g/mol. The van der Waals surface area contributed by atoms with Crippen LogP contribution in [0, 0.1) is 0 Å². The number of sulfonamides is 1. The molecule has 2 aromatic carbocycles. The van der Waals surface area contributed by atoms with Crippen LogP contribution < -0.4 is 39.0 Å². The Morgan fingerprint density at radius 3 is 2.38 bits per heavy atom. The van der Waals surface area contributed by atoms with E-state index in [-0.39, 0.29) is 46.0 Å². The summed E-state index contributed by atoms with van der Waals surface area (Å²) < 4.78 is 40.2. The molecule has 1 aliphatic heterocycles. The summed E-state index contributed by atoms with van der Waals surface area (Å²) in [6.45, 7) is 0.599. The molecule has 0 radical (unpaired) electrons. The van der Waals surface area contributed by atoms with Crippen LogP contribution in [0.4, 0.5) is 5.69 Å². The van der Waals surface area contributed by atoms with E-state index in [0.717, 1.165) is 32.0 Å². The molecule has 8 nitrogen and oxygen atoms in total. The Morgan fingerprint density at radius 2 is 1.65 bits per heavy atom. The molecule has 184 valence electrons. The number of thiophene rings is 1. The predicted octanol–water partition coefficient (Wildman–Crippen LogP) is 2.48. The average molecular weight is 544 g/mol. The van der Waals surface area contributed by atoms with Gasteiger partial charge in [-0.1, -0.05) is 12.1 Å². The molecule has 2 aromatic heterocycles. The van der Waals surface area contributed by atoms with Crippen LogP contribution in [0.25, 0.3) is 25.6 Å². The van der Waals surface area contributed by atoms with Crippen molar-refractivity contribution in [2.75, 3.05) is 21.3 Å². The molecule has 1 aliphatic rings. The van der Waals surface area contributed by atoms with Gasteiger partial charge < -0.3 is 19.1 Å². The SMILES string of the molecule is COc1ccc(S(=O)(=O)[N-]c2cncc(-c3ccc(-c4ccc5c(c4)CN(C)C5=O)s3)c2)cc1OC.[Na+]. The number of fused-ring (bicyclic) bond motifs is 1. The molecule has 4 aromatic rings. The van der Waals surface area contributed by atoms with Gasteiger partial charge in [0, 0.05) is 52.9 Å². The van der Waals surface area contributed by atoms with Gasteiger partial charge in [0.25, 0.3) is 5.91 Å². The minimum Gasteiger partial charge on any atom is -0.571 e. The van der Waals surface area contributed by atoms with Crippen molar-refractivity contribution in [2.24, 2.45) is 0 Å². The molecule has 0 aliphatic carbocycles. The van der Waals surface area contributed by atoms with Crippen LogP contribution in [0.15, 0.2) is 71.9 Å². The fraction of sp³-hybridized carbons (Fsp3) is 0.154. The number of methoxy groups -OCH3 is 2. The summed E-state index contributed by atoms with van der Waals surface area (Å²) in [5.74, 6) is 0.767. The maximum absolute atomic E-state index is 12.9. The van der Waals surface area contributed by atoms with Crippen molar-refractivity contribution in [1.82, 2.24) is 9.88 Å². The van der Waals surface area contributed by atoms with Crippen molar-refractivity contribution in [3.8, 4) is 32.4 Å². The van der Waals surface area contributed by atoms with Crippen molar-refractivity contribution in [1.29, 1.82) is 0 Å². The number of rotatable bonds is 7. The Bertz CT molecular complexity index is 1590. The molecule has 1 amide bonds. The molecule has 5 rings (SSSR count). The maximum Gasteiger partial charge on any atom is 1.00 e. The molecule has 0 unspecified atom stereocenters. The Morgan fingerprint density at radius 1 is 0.919 bits per heavy atom. The van der Waals surface area contributed by atoms with Crippen molar-refractivity contribution in [3.63, 3.8) is 0 Å². The number of benzene rings is 2. The van der Waals surface area contributed by atoms with Crippen LogP contribution in [0.2, 0.25) is 0 Å². The molecule has 0 bridgehead atoms. The first kappa shape index (κ1) is 27.2. The van der Waals surface area contributed by atoms with Crippen LogP contribution in [0.1, 0.15) is 15.9 Å². The van der Waals surface area contributed by atoms with Crippen LogP contribution >= 0.6 is 11.3 Å². The van der Waals surface area contributed by atoms with Crippen LogP contribution in [-0.4, -0.2) is 45.5 Å². The molecular formula is C26H22N3NaO5S2. The van der Waals surface area contributed by atoms with Gasteiger partial charge in [0.1, 0.15) is 10.0 Å². The molecule has 0 saturated carbocycles. The third kappa shape index (κ3) is 5.39. The zero-order chi connectivity index (χ0) is 25.4. The van der Waals surface area contributed by atoms with E-state index in [4.69, 9.17) is 9.47 Å². The molecule has 3 heterocycles. The van der Waals surface area contributed by atoms with E-state index < -0.39 is 10.0 Å². The zero-order valence-electron chi connectivity index (χ0n) is 20.8. The molecule has 37 heavy (non-hydrogen) atoms. The van der Waals surface area contributed by atoms with E-state index in [2.05, 4.69) is 9.71 Å². The number of carbonyl (C=O) groups excluding carboxylic acids is 1. The Balaban J connectivity index is 0.00000320. The van der Waals surface area contributed by atoms with Gasteiger partial charge in [0.2, 0.25) is 0 Å². The van der Waals surface area contributed by atoms with Crippen molar-refractivity contribution >= 4 is 33.0 Å².